The first-order chi connectivity index (χ1) is 7.36. The lowest BCUT2D eigenvalue weighted by Gasteiger charge is -2.23. The molecule has 0 aromatic carbocycles. The number of carbonyl (C=O) groups excluding carboxylic acids is 1. The van der Waals surface area contributed by atoms with Gasteiger partial charge < -0.3 is 16.0 Å². The van der Waals surface area contributed by atoms with Crippen molar-refractivity contribution in [2.45, 2.75) is 31.7 Å². The Hall–Kier alpha value is -0.610. The van der Waals surface area contributed by atoms with E-state index in [2.05, 4.69) is 16.0 Å². The van der Waals surface area contributed by atoms with E-state index in [1.807, 2.05) is 0 Å². The van der Waals surface area contributed by atoms with E-state index in [1.54, 1.807) is 0 Å². The second-order valence-corrected chi connectivity index (χ2v) is 4.61. The van der Waals surface area contributed by atoms with Gasteiger partial charge in [-0.05, 0) is 51.2 Å². The Morgan fingerprint density at radius 3 is 2.80 bits per heavy atom. The highest BCUT2D eigenvalue weighted by Crippen LogP contribution is 2.09. The van der Waals surface area contributed by atoms with Crippen molar-refractivity contribution in [3.63, 3.8) is 0 Å². The van der Waals surface area contributed by atoms with Crippen LogP contribution in [0.2, 0.25) is 0 Å². The van der Waals surface area contributed by atoms with Crippen LogP contribution in [0.3, 0.4) is 0 Å². The molecule has 2 aliphatic rings. The summed E-state index contributed by atoms with van der Waals surface area (Å²) < 4.78 is 0. The quantitative estimate of drug-likeness (QED) is 0.609. The fourth-order valence-corrected chi connectivity index (χ4v) is 2.37. The molecule has 0 aromatic heterocycles. The molecule has 2 unspecified atom stereocenters. The van der Waals surface area contributed by atoms with Gasteiger partial charge in [0.1, 0.15) is 0 Å². The SMILES string of the molecule is O=C(NCC1CCCNC1)C1CCCN1. The lowest BCUT2D eigenvalue weighted by atomic mass is 9.99. The summed E-state index contributed by atoms with van der Waals surface area (Å²) in [6.45, 7) is 4.01. The summed E-state index contributed by atoms with van der Waals surface area (Å²) in [4.78, 5) is 11.7. The molecule has 2 aliphatic heterocycles. The van der Waals surface area contributed by atoms with E-state index in [4.69, 9.17) is 0 Å². The molecule has 0 aliphatic carbocycles. The van der Waals surface area contributed by atoms with Gasteiger partial charge in [-0.1, -0.05) is 0 Å². The van der Waals surface area contributed by atoms with E-state index < -0.39 is 0 Å². The van der Waals surface area contributed by atoms with Crippen molar-refractivity contribution in [3.8, 4) is 0 Å². The average molecular weight is 211 g/mol. The second-order valence-electron chi connectivity index (χ2n) is 4.61. The first-order valence-electron chi connectivity index (χ1n) is 6.08. The third-order valence-electron chi connectivity index (χ3n) is 3.34. The van der Waals surface area contributed by atoms with Crippen LogP contribution in [0, 0.1) is 5.92 Å². The average Bonchev–Trinajstić information content (AvgIpc) is 2.81. The molecule has 0 aromatic rings. The minimum atomic E-state index is 0.0709. The highest BCUT2D eigenvalue weighted by Gasteiger charge is 2.22. The number of carbonyl (C=O) groups is 1. The number of hydrogen-bond donors (Lipinski definition) is 3. The van der Waals surface area contributed by atoms with E-state index in [0.29, 0.717) is 5.92 Å². The Kier molecular flexibility index (Phi) is 3.97. The zero-order valence-electron chi connectivity index (χ0n) is 9.22. The maximum Gasteiger partial charge on any atom is 0.237 e. The molecule has 2 saturated heterocycles. The standard InChI is InChI=1S/C11H21N3O/c15-11(10-4-2-6-13-10)14-8-9-3-1-5-12-7-9/h9-10,12-13H,1-8H2,(H,14,15). The van der Waals surface area contributed by atoms with Gasteiger partial charge in [-0.25, -0.2) is 0 Å². The third kappa shape index (κ3) is 3.18. The fourth-order valence-electron chi connectivity index (χ4n) is 2.37. The smallest absolute Gasteiger partial charge is 0.237 e. The number of amides is 1. The summed E-state index contributed by atoms with van der Waals surface area (Å²) in [6.07, 6.45) is 4.60. The van der Waals surface area contributed by atoms with Crippen LogP contribution >= 0.6 is 0 Å². The molecule has 15 heavy (non-hydrogen) atoms. The number of hydrogen-bond acceptors (Lipinski definition) is 3. The Morgan fingerprint density at radius 2 is 2.13 bits per heavy atom. The summed E-state index contributed by atoms with van der Waals surface area (Å²) in [5.74, 6) is 0.821. The van der Waals surface area contributed by atoms with Gasteiger partial charge in [0.25, 0.3) is 0 Å². The summed E-state index contributed by atoms with van der Waals surface area (Å²) >= 11 is 0. The van der Waals surface area contributed by atoms with Crippen molar-refractivity contribution in [1.82, 2.24) is 16.0 Å². The van der Waals surface area contributed by atoms with Gasteiger partial charge in [0.2, 0.25) is 5.91 Å². The molecule has 1 amide bonds. The Morgan fingerprint density at radius 1 is 1.27 bits per heavy atom. The molecule has 0 saturated carbocycles. The van der Waals surface area contributed by atoms with E-state index in [0.717, 1.165) is 39.0 Å². The molecule has 0 bridgehead atoms. The molecule has 2 fully saturated rings. The molecule has 2 atom stereocenters. The van der Waals surface area contributed by atoms with E-state index >= 15 is 0 Å². The first kappa shape index (κ1) is 10.9. The molecule has 4 heteroatoms. The van der Waals surface area contributed by atoms with Crippen molar-refractivity contribution in [2.75, 3.05) is 26.2 Å². The Bertz CT molecular complexity index is 208. The van der Waals surface area contributed by atoms with Crippen molar-refractivity contribution >= 4 is 5.91 Å². The molecule has 0 radical (unpaired) electrons. The Labute approximate surface area is 91.2 Å². The summed E-state index contributed by atoms with van der Waals surface area (Å²) in [5, 5.41) is 9.63. The molecular formula is C11H21N3O. The van der Waals surface area contributed by atoms with Gasteiger partial charge in [0.15, 0.2) is 0 Å². The molecule has 4 nitrogen and oxygen atoms in total. The van der Waals surface area contributed by atoms with Gasteiger partial charge >= 0.3 is 0 Å². The van der Waals surface area contributed by atoms with Gasteiger partial charge in [0.05, 0.1) is 6.04 Å². The summed E-state index contributed by atoms with van der Waals surface area (Å²) in [5.41, 5.74) is 0. The van der Waals surface area contributed by atoms with Crippen LogP contribution in [-0.4, -0.2) is 38.1 Å². The predicted octanol–water partition coefficient (Wildman–Crippen LogP) is -0.146. The number of rotatable bonds is 3. The van der Waals surface area contributed by atoms with Crippen molar-refractivity contribution < 1.29 is 4.79 Å². The van der Waals surface area contributed by atoms with Gasteiger partial charge in [-0.15, -0.1) is 0 Å². The largest absolute Gasteiger partial charge is 0.354 e. The molecule has 86 valence electrons. The van der Waals surface area contributed by atoms with Crippen molar-refractivity contribution in [3.05, 3.63) is 0 Å². The van der Waals surface area contributed by atoms with Gasteiger partial charge in [0, 0.05) is 6.54 Å². The molecule has 3 N–H and O–H groups in total. The van der Waals surface area contributed by atoms with Crippen LogP contribution in [0.25, 0.3) is 0 Å². The zero-order valence-corrected chi connectivity index (χ0v) is 9.22. The summed E-state index contributed by atoms with van der Waals surface area (Å²) in [7, 11) is 0. The highest BCUT2D eigenvalue weighted by molar-refractivity contribution is 5.81. The van der Waals surface area contributed by atoms with Gasteiger partial charge in [-0.2, -0.15) is 0 Å². The normalized spacial score (nSPS) is 31.5. The minimum Gasteiger partial charge on any atom is -0.354 e. The third-order valence-corrected chi connectivity index (χ3v) is 3.34. The maximum absolute atomic E-state index is 11.7. The van der Waals surface area contributed by atoms with Gasteiger partial charge in [-0.3, -0.25) is 4.79 Å². The van der Waals surface area contributed by atoms with E-state index in [9.17, 15) is 4.79 Å². The zero-order chi connectivity index (χ0) is 10.5. The predicted molar refractivity (Wildman–Crippen MR) is 59.6 cm³/mol. The number of nitrogens with one attached hydrogen (secondary N) is 3. The van der Waals surface area contributed by atoms with E-state index in [-0.39, 0.29) is 11.9 Å². The molecule has 2 heterocycles. The van der Waals surface area contributed by atoms with Crippen molar-refractivity contribution in [2.24, 2.45) is 5.92 Å². The lowest BCUT2D eigenvalue weighted by Crippen LogP contribution is -2.44. The fraction of sp³-hybridized carbons (Fsp3) is 0.909. The Balaban J connectivity index is 1.65. The molecule has 2 rings (SSSR count). The lowest BCUT2D eigenvalue weighted by molar-refractivity contribution is -0.123. The van der Waals surface area contributed by atoms with Crippen molar-refractivity contribution in [1.29, 1.82) is 0 Å². The minimum absolute atomic E-state index is 0.0709. The van der Waals surface area contributed by atoms with E-state index in [1.165, 1.54) is 12.8 Å². The monoisotopic (exact) mass is 211 g/mol. The van der Waals surface area contributed by atoms with Crippen LogP contribution in [0.1, 0.15) is 25.7 Å². The number of piperidine rings is 1. The van der Waals surface area contributed by atoms with Crippen LogP contribution < -0.4 is 16.0 Å². The highest BCUT2D eigenvalue weighted by atomic mass is 16.2. The van der Waals surface area contributed by atoms with Crippen LogP contribution in [0.15, 0.2) is 0 Å². The van der Waals surface area contributed by atoms with Crippen LogP contribution in [-0.2, 0) is 4.79 Å². The molecular weight excluding hydrogens is 190 g/mol. The topological polar surface area (TPSA) is 53.2 Å². The first-order valence-corrected chi connectivity index (χ1v) is 6.08. The van der Waals surface area contributed by atoms with Crippen LogP contribution in [0.4, 0.5) is 0 Å². The maximum atomic E-state index is 11.7. The summed E-state index contributed by atoms with van der Waals surface area (Å²) in [6, 6.07) is 0.0709. The molecule has 0 spiro atoms. The second kappa shape index (κ2) is 5.47. The van der Waals surface area contributed by atoms with Crippen LogP contribution in [0.5, 0.6) is 0 Å².